The summed E-state index contributed by atoms with van der Waals surface area (Å²) < 4.78 is 37.6. The summed E-state index contributed by atoms with van der Waals surface area (Å²) in [6, 6.07) is 9.91. The number of ether oxygens (including phenoxy) is 1. The molecule has 0 atom stereocenters. The van der Waals surface area contributed by atoms with Crippen LogP contribution in [0.5, 0.6) is 5.75 Å². The number of rotatable bonds is 4. The maximum Gasteiger partial charge on any atom is 0.295 e. The number of hydrogen-bond acceptors (Lipinski definition) is 3. The lowest BCUT2D eigenvalue weighted by atomic mass is 10.1. The molecule has 4 nitrogen and oxygen atoms in total. The van der Waals surface area contributed by atoms with Crippen LogP contribution in [0.3, 0.4) is 0 Å². The Bertz CT molecular complexity index is 690. The highest BCUT2D eigenvalue weighted by Crippen LogP contribution is 2.31. The molecule has 0 aliphatic rings. The monoisotopic (exact) mass is 280 g/mol. The van der Waals surface area contributed by atoms with E-state index in [-0.39, 0.29) is 4.90 Å². The molecule has 2 aromatic carbocycles. The summed E-state index contributed by atoms with van der Waals surface area (Å²) in [6.45, 7) is 4.62. The van der Waals surface area contributed by atoms with Crippen molar-refractivity contribution >= 4 is 20.9 Å². The van der Waals surface area contributed by atoms with Crippen molar-refractivity contribution in [1.82, 2.24) is 0 Å². The second kappa shape index (κ2) is 5.19. The predicted octanol–water partition coefficient (Wildman–Crippen LogP) is 3.12. The van der Waals surface area contributed by atoms with E-state index in [0.29, 0.717) is 29.0 Å². The Morgan fingerprint density at radius 1 is 1.11 bits per heavy atom. The van der Waals surface area contributed by atoms with Crippen LogP contribution in [-0.4, -0.2) is 19.6 Å². The Kier molecular flexibility index (Phi) is 3.78. The molecule has 0 bridgehead atoms. The van der Waals surface area contributed by atoms with Gasteiger partial charge in [-0.15, -0.1) is 0 Å². The smallest absolute Gasteiger partial charge is 0.295 e. The number of benzene rings is 2. The van der Waals surface area contributed by atoms with Gasteiger partial charge in [0.2, 0.25) is 0 Å². The molecule has 0 unspecified atom stereocenters. The largest absolute Gasteiger partial charge is 0.493 e. The lowest BCUT2D eigenvalue weighted by molar-refractivity contribution is 0.274. The Morgan fingerprint density at radius 3 is 2.32 bits per heavy atom. The van der Waals surface area contributed by atoms with Crippen molar-refractivity contribution in [1.29, 1.82) is 0 Å². The first-order valence-electron chi connectivity index (χ1n) is 6.01. The minimum atomic E-state index is -4.23. The van der Waals surface area contributed by atoms with E-state index in [1.807, 2.05) is 13.8 Å². The molecular formula is C14H16O4S. The molecule has 2 aromatic rings. The summed E-state index contributed by atoms with van der Waals surface area (Å²) in [5.74, 6) is 0.997. The number of fused-ring (bicyclic) bond motifs is 1. The maximum absolute atomic E-state index is 11.3. The molecule has 0 amide bonds. The van der Waals surface area contributed by atoms with Crippen molar-refractivity contribution in [3.63, 3.8) is 0 Å². The summed E-state index contributed by atoms with van der Waals surface area (Å²) in [5.41, 5.74) is 0. The molecule has 0 fully saturated rings. The lowest BCUT2D eigenvalue weighted by Gasteiger charge is -2.12. The van der Waals surface area contributed by atoms with Crippen LogP contribution in [0.1, 0.15) is 13.8 Å². The van der Waals surface area contributed by atoms with E-state index < -0.39 is 10.1 Å². The standard InChI is InChI=1S/C14H16O4S/c1-10(2)9-18-13-7-8-14(19(15,16)17)12-6-4-3-5-11(12)13/h3-8,10H,9H2,1-2H3,(H,15,16,17). The minimum Gasteiger partial charge on any atom is -0.493 e. The van der Waals surface area contributed by atoms with Gasteiger partial charge >= 0.3 is 0 Å². The van der Waals surface area contributed by atoms with Gasteiger partial charge in [0.15, 0.2) is 0 Å². The van der Waals surface area contributed by atoms with Crippen molar-refractivity contribution in [3.8, 4) is 5.75 Å². The summed E-state index contributed by atoms with van der Waals surface area (Å²) in [7, 11) is -4.23. The van der Waals surface area contributed by atoms with Crippen LogP contribution in [0.15, 0.2) is 41.3 Å². The van der Waals surface area contributed by atoms with Crippen LogP contribution in [0, 0.1) is 5.92 Å². The van der Waals surface area contributed by atoms with Crippen LogP contribution in [0.25, 0.3) is 10.8 Å². The quantitative estimate of drug-likeness (QED) is 0.874. The van der Waals surface area contributed by atoms with Gasteiger partial charge in [0, 0.05) is 10.8 Å². The fourth-order valence-electron chi connectivity index (χ4n) is 1.85. The minimum absolute atomic E-state index is 0.0972. The van der Waals surface area contributed by atoms with Gasteiger partial charge in [-0.05, 0) is 18.1 Å². The van der Waals surface area contributed by atoms with E-state index in [4.69, 9.17) is 4.74 Å². The molecule has 19 heavy (non-hydrogen) atoms. The zero-order chi connectivity index (χ0) is 14.0. The van der Waals surface area contributed by atoms with E-state index in [1.165, 1.54) is 6.07 Å². The van der Waals surface area contributed by atoms with Gasteiger partial charge in [-0.2, -0.15) is 8.42 Å². The Balaban J connectivity index is 2.59. The molecule has 0 aliphatic carbocycles. The zero-order valence-corrected chi connectivity index (χ0v) is 11.6. The van der Waals surface area contributed by atoms with Crippen LogP contribution in [0.2, 0.25) is 0 Å². The fourth-order valence-corrected chi connectivity index (χ4v) is 2.55. The van der Waals surface area contributed by atoms with Crippen LogP contribution < -0.4 is 4.74 Å². The van der Waals surface area contributed by atoms with E-state index in [1.54, 1.807) is 30.3 Å². The van der Waals surface area contributed by atoms with Crippen LogP contribution in [-0.2, 0) is 10.1 Å². The van der Waals surface area contributed by atoms with Gasteiger partial charge in [-0.3, -0.25) is 4.55 Å². The average Bonchev–Trinajstić information content (AvgIpc) is 2.34. The summed E-state index contributed by atoms with van der Waals surface area (Å²) in [6.07, 6.45) is 0. The van der Waals surface area contributed by atoms with Gasteiger partial charge in [0.25, 0.3) is 10.1 Å². The number of hydrogen-bond donors (Lipinski definition) is 1. The Hall–Kier alpha value is -1.59. The Labute approximate surface area is 112 Å². The van der Waals surface area contributed by atoms with Crippen molar-refractivity contribution in [2.45, 2.75) is 18.7 Å². The topological polar surface area (TPSA) is 63.6 Å². The van der Waals surface area contributed by atoms with Crippen LogP contribution >= 0.6 is 0 Å². The average molecular weight is 280 g/mol. The summed E-state index contributed by atoms with van der Waals surface area (Å²) in [4.78, 5) is -0.0972. The second-order valence-corrected chi connectivity index (χ2v) is 6.18. The van der Waals surface area contributed by atoms with Crippen molar-refractivity contribution < 1.29 is 17.7 Å². The molecule has 0 aliphatic heterocycles. The first-order chi connectivity index (χ1) is 8.89. The predicted molar refractivity (Wildman–Crippen MR) is 74.1 cm³/mol. The van der Waals surface area contributed by atoms with Crippen molar-refractivity contribution in [3.05, 3.63) is 36.4 Å². The molecule has 2 rings (SSSR count). The van der Waals surface area contributed by atoms with Gasteiger partial charge in [0.05, 0.1) is 6.61 Å². The van der Waals surface area contributed by atoms with E-state index in [0.717, 1.165) is 0 Å². The molecule has 0 saturated carbocycles. The molecule has 0 aromatic heterocycles. The maximum atomic E-state index is 11.3. The zero-order valence-electron chi connectivity index (χ0n) is 10.8. The molecular weight excluding hydrogens is 264 g/mol. The molecule has 5 heteroatoms. The molecule has 0 heterocycles. The normalized spacial score (nSPS) is 12.0. The molecule has 1 N–H and O–H groups in total. The van der Waals surface area contributed by atoms with Gasteiger partial charge in [-0.1, -0.05) is 38.1 Å². The highest BCUT2D eigenvalue weighted by atomic mass is 32.2. The molecule has 0 spiro atoms. The highest BCUT2D eigenvalue weighted by Gasteiger charge is 2.16. The molecule has 102 valence electrons. The first-order valence-corrected chi connectivity index (χ1v) is 7.45. The lowest BCUT2D eigenvalue weighted by Crippen LogP contribution is -2.06. The fraction of sp³-hybridized carbons (Fsp3) is 0.286. The van der Waals surface area contributed by atoms with Gasteiger partial charge in [-0.25, -0.2) is 0 Å². The van der Waals surface area contributed by atoms with E-state index in [9.17, 15) is 13.0 Å². The molecule has 0 saturated heterocycles. The van der Waals surface area contributed by atoms with Crippen molar-refractivity contribution in [2.24, 2.45) is 5.92 Å². The third kappa shape index (κ3) is 3.05. The summed E-state index contributed by atoms with van der Waals surface area (Å²) >= 11 is 0. The van der Waals surface area contributed by atoms with Gasteiger partial charge < -0.3 is 4.74 Å². The van der Waals surface area contributed by atoms with E-state index in [2.05, 4.69) is 0 Å². The van der Waals surface area contributed by atoms with Crippen molar-refractivity contribution in [2.75, 3.05) is 6.61 Å². The summed E-state index contributed by atoms with van der Waals surface area (Å²) in [5, 5.41) is 1.14. The third-order valence-electron chi connectivity index (χ3n) is 2.69. The van der Waals surface area contributed by atoms with E-state index >= 15 is 0 Å². The Morgan fingerprint density at radius 2 is 1.74 bits per heavy atom. The third-order valence-corrected chi connectivity index (χ3v) is 3.61. The first kappa shape index (κ1) is 13.8. The van der Waals surface area contributed by atoms with Gasteiger partial charge in [0.1, 0.15) is 10.6 Å². The highest BCUT2D eigenvalue weighted by molar-refractivity contribution is 7.86. The van der Waals surface area contributed by atoms with Crippen LogP contribution in [0.4, 0.5) is 0 Å². The SMILES string of the molecule is CC(C)COc1ccc(S(=O)(=O)O)c2ccccc12. The molecule has 0 radical (unpaired) electrons. The second-order valence-electron chi connectivity index (χ2n) is 4.79.